The van der Waals surface area contributed by atoms with E-state index in [0.29, 0.717) is 5.75 Å². The molecule has 3 aromatic rings. The topological polar surface area (TPSA) is 57.0 Å². The van der Waals surface area contributed by atoms with Crippen LogP contribution in [0, 0.1) is 6.92 Å². The molecule has 5 nitrogen and oxygen atoms in total. The van der Waals surface area contributed by atoms with Gasteiger partial charge in [-0.3, -0.25) is 14.5 Å². The molecule has 0 bridgehead atoms. The van der Waals surface area contributed by atoms with Crippen LogP contribution >= 0.6 is 0 Å². The van der Waals surface area contributed by atoms with Crippen LogP contribution in [0.1, 0.15) is 32.4 Å². The zero-order valence-electron chi connectivity index (χ0n) is 13.7. The van der Waals surface area contributed by atoms with E-state index in [1.165, 1.54) is 6.92 Å². The monoisotopic (exact) mass is 309 g/mol. The van der Waals surface area contributed by atoms with E-state index in [-0.39, 0.29) is 12.0 Å². The average molecular weight is 309 g/mol. The number of pyridine rings is 1. The summed E-state index contributed by atoms with van der Waals surface area (Å²) in [5.41, 5.74) is 3.76. The molecule has 0 spiro atoms. The van der Waals surface area contributed by atoms with Gasteiger partial charge in [-0.25, -0.2) is 0 Å². The smallest absolute Gasteiger partial charge is 0.308 e. The fourth-order valence-electron chi connectivity index (χ4n) is 2.59. The first-order valence-corrected chi connectivity index (χ1v) is 7.58. The lowest BCUT2D eigenvalue weighted by molar-refractivity contribution is -0.131. The first kappa shape index (κ1) is 15.2. The Balaban J connectivity index is 2.25. The highest BCUT2D eigenvalue weighted by Gasteiger charge is 2.15. The third-order valence-electron chi connectivity index (χ3n) is 3.63. The van der Waals surface area contributed by atoms with Crippen molar-refractivity contribution in [3.8, 4) is 17.0 Å². The third-order valence-corrected chi connectivity index (χ3v) is 3.63. The standard InChI is InChI=1S/C18H19N3O2/c1-11(2)21-18-8-14(23-13(4)22)7-15(16(18)10-20-21)17-6-5-12(3)9-19-17/h5-11H,1-4H3. The molecule has 0 saturated heterocycles. The molecule has 0 atom stereocenters. The third kappa shape index (κ3) is 2.95. The van der Waals surface area contributed by atoms with Crippen molar-refractivity contribution in [3.05, 3.63) is 42.2 Å². The van der Waals surface area contributed by atoms with Gasteiger partial charge >= 0.3 is 5.97 Å². The van der Waals surface area contributed by atoms with E-state index in [9.17, 15) is 4.79 Å². The van der Waals surface area contributed by atoms with Crippen LogP contribution in [-0.2, 0) is 4.79 Å². The van der Waals surface area contributed by atoms with E-state index in [2.05, 4.69) is 23.9 Å². The molecule has 0 aliphatic carbocycles. The Labute approximate surface area is 134 Å². The molecular formula is C18H19N3O2. The van der Waals surface area contributed by atoms with Crippen molar-refractivity contribution in [3.63, 3.8) is 0 Å². The molecule has 0 unspecified atom stereocenters. The summed E-state index contributed by atoms with van der Waals surface area (Å²) in [6, 6.07) is 7.88. The summed E-state index contributed by atoms with van der Waals surface area (Å²) >= 11 is 0. The molecule has 0 fully saturated rings. The van der Waals surface area contributed by atoms with Crippen LogP contribution in [0.15, 0.2) is 36.7 Å². The number of aromatic nitrogens is 3. The summed E-state index contributed by atoms with van der Waals surface area (Å²) in [6.45, 7) is 7.52. The quantitative estimate of drug-likeness (QED) is 0.543. The second-order valence-corrected chi connectivity index (χ2v) is 5.90. The number of esters is 1. The molecule has 0 aliphatic heterocycles. The predicted molar refractivity (Wildman–Crippen MR) is 89.4 cm³/mol. The van der Waals surface area contributed by atoms with Crippen LogP contribution in [0.3, 0.4) is 0 Å². The van der Waals surface area contributed by atoms with E-state index < -0.39 is 0 Å². The molecule has 0 N–H and O–H groups in total. The average Bonchev–Trinajstić information content (AvgIpc) is 2.90. The van der Waals surface area contributed by atoms with Gasteiger partial charge in [-0.1, -0.05) is 6.07 Å². The van der Waals surface area contributed by atoms with Gasteiger partial charge in [0.15, 0.2) is 0 Å². The maximum Gasteiger partial charge on any atom is 0.308 e. The number of nitrogens with zero attached hydrogens (tertiary/aromatic N) is 3. The van der Waals surface area contributed by atoms with E-state index in [1.807, 2.05) is 48.3 Å². The molecule has 0 aliphatic rings. The minimum atomic E-state index is -0.345. The Morgan fingerprint density at radius 1 is 1.22 bits per heavy atom. The zero-order valence-corrected chi connectivity index (χ0v) is 13.7. The number of carbonyl (C=O) groups is 1. The van der Waals surface area contributed by atoms with E-state index in [4.69, 9.17) is 4.74 Å². The van der Waals surface area contributed by atoms with Gasteiger partial charge in [0.25, 0.3) is 0 Å². The van der Waals surface area contributed by atoms with Gasteiger partial charge in [0, 0.05) is 36.2 Å². The predicted octanol–water partition coefficient (Wildman–Crippen LogP) is 3.91. The summed E-state index contributed by atoms with van der Waals surface area (Å²) in [5.74, 6) is 0.160. The van der Waals surface area contributed by atoms with Gasteiger partial charge in [0.05, 0.1) is 17.4 Å². The normalized spacial score (nSPS) is 11.2. The summed E-state index contributed by atoms with van der Waals surface area (Å²) in [6.07, 6.45) is 3.66. The molecule has 23 heavy (non-hydrogen) atoms. The van der Waals surface area contributed by atoms with Crippen molar-refractivity contribution in [2.24, 2.45) is 0 Å². The van der Waals surface area contributed by atoms with Gasteiger partial charge in [0.1, 0.15) is 5.75 Å². The van der Waals surface area contributed by atoms with Crippen molar-refractivity contribution >= 4 is 16.9 Å². The van der Waals surface area contributed by atoms with Crippen LogP contribution in [0.2, 0.25) is 0 Å². The number of hydrogen-bond donors (Lipinski definition) is 0. The highest BCUT2D eigenvalue weighted by Crippen LogP contribution is 2.33. The molecule has 0 saturated carbocycles. The highest BCUT2D eigenvalue weighted by atomic mass is 16.5. The fourth-order valence-corrected chi connectivity index (χ4v) is 2.59. The lowest BCUT2D eigenvalue weighted by Gasteiger charge is -2.11. The Morgan fingerprint density at radius 2 is 2.00 bits per heavy atom. The molecule has 0 amide bonds. The SMILES string of the molecule is CC(=O)Oc1cc(-c2ccc(C)cn2)c2cnn(C(C)C)c2c1. The lowest BCUT2D eigenvalue weighted by Crippen LogP contribution is -2.04. The number of rotatable bonds is 3. The van der Waals surface area contributed by atoms with Crippen LogP contribution in [0.25, 0.3) is 22.2 Å². The first-order valence-electron chi connectivity index (χ1n) is 7.58. The molecule has 2 aromatic heterocycles. The summed E-state index contributed by atoms with van der Waals surface area (Å²) in [5, 5.41) is 5.46. The van der Waals surface area contributed by atoms with Crippen LogP contribution in [0.5, 0.6) is 5.75 Å². The second-order valence-electron chi connectivity index (χ2n) is 5.90. The molecular weight excluding hydrogens is 290 g/mol. The molecule has 3 rings (SSSR count). The van der Waals surface area contributed by atoms with Crippen molar-refractivity contribution in [1.29, 1.82) is 0 Å². The number of carbonyl (C=O) groups excluding carboxylic acids is 1. The first-order chi connectivity index (χ1) is 11.0. The highest BCUT2D eigenvalue weighted by molar-refractivity contribution is 5.95. The zero-order chi connectivity index (χ0) is 16.6. The minimum Gasteiger partial charge on any atom is -0.427 e. The van der Waals surface area contributed by atoms with Crippen molar-refractivity contribution in [2.45, 2.75) is 33.7 Å². The van der Waals surface area contributed by atoms with Crippen LogP contribution in [-0.4, -0.2) is 20.7 Å². The number of ether oxygens (including phenoxy) is 1. The van der Waals surface area contributed by atoms with Gasteiger partial charge in [-0.05, 0) is 38.5 Å². The van der Waals surface area contributed by atoms with Crippen LogP contribution < -0.4 is 4.74 Å². The Hall–Kier alpha value is -2.69. The Kier molecular flexibility index (Phi) is 3.86. The van der Waals surface area contributed by atoms with Gasteiger partial charge in [-0.2, -0.15) is 5.10 Å². The Morgan fingerprint density at radius 3 is 2.61 bits per heavy atom. The van der Waals surface area contributed by atoms with E-state index >= 15 is 0 Å². The summed E-state index contributed by atoms with van der Waals surface area (Å²) < 4.78 is 7.22. The molecule has 118 valence electrons. The molecule has 0 radical (unpaired) electrons. The van der Waals surface area contributed by atoms with Gasteiger partial charge in [-0.15, -0.1) is 0 Å². The molecule has 2 heterocycles. The largest absolute Gasteiger partial charge is 0.427 e. The maximum absolute atomic E-state index is 11.3. The van der Waals surface area contributed by atoms with E-state index in [1.54, 1.807) is 0 Å². The van der Waals surface area contributed by atoms with Gasteiger partial charge in [0.2, 0.25) is 0 Å². The van der Waals surface area contributed by atoms with Crippen molar-refractivity contribution < 1.29 is 9.53 Å². The minimum absolute atomic E-state index is 0.207. The maximum atomic E-state index is 11.3. The fraction of sp³-hybridized carbons (Fsp3) is 0.278. The van der Waals surface area contributed by atoms with Crippen molar-refractivity contribution in [1.82, 2.24) is 14.8 Å². The van der Waals surface area contributed by atoms with Crippen LogP contribution in [0.4, 0.5) is 0 Å². The number of fused-ring (bicyclic) bond motifs is 1. The van der Waals surface area contributed by atoms with Gasteiger partial charge < -0.3 is 4.74 Å². The number of hydrogen-bond acceptors (Lipinski definition) is 4. The lowest BCUT2D eigenvalue weighted by atomic mass is 10.1. The Bertz CT molecular complexity index is 864. The van der Waals surface area contributed by atoms with Crippen molar-refractivity contribution in [2.75, 3.05) is 0 Å². The summed E-state index contributed by atoms with van der Waals surface area (Å²) in [7, 11) is 0. The molecule has 5 heteroatoms. The number of aryl methyl sites for hydroxylation is 1. The molecule has 1 aromatic carbocycles. The number of benzene rings is 1. The summed E-state index contributed by atoms with van der Waals surface area (Å²) in [4.78, 5) is 15.8. The van der Waals surface area contributed by atoms with E-state index in [0.717, 1.165) is 27.7 Å². The second kappa shape index (κ2) is 5.83.